The summed E-state index contributed by atoms with van der Waals surface area (Å²) in [7, 11) is -3.71. The van der Waals surface area contributed by atoms with Crippen LogP contribution in [0.4, 0.5) is 15.8 Å². The lowest BCUT2D eigenvalue weighted by Crippen LogP contribution is -2.29. The molecule has 1 amide bonds. The molecule has 0 fully saturated rings. The van der Waals surface area contributed by atoms with Gasteiger partial charge < -0.3 is 14.8 Å². The molecule has 0 aliphatic heterocycles. The Morgan fingerprint density at radius 2 is 1.59 bits per heavy atom. The number of benzene rings is 3. The molecule has 0 aromatic heterocycles. The number of halogens is 1. The number of rotatable bonds is 10. The Morgan fingerprint density at radius 1 is 0.941 bits per heavy atom. The van der Waals surface area contributed by atoms with Gasteiger partial charge in [-0.15, -0.1) is 0 Å². The lowest BCUT2D eigenvalue weighted by molar-refractivity contribution is 0.102. The molecule has 180 valence electrons. The minimum Gasteiger partial charge on any atom is -0.494 e. The summed E-state index contributed by atoms with van der Waals surface area (Å²) in [6.07, 6.45) is 1.07. The largest absolute Gasteiger partial charge is 0.494 e. The number of hydrogen-bond acceptors (Lipinski definition) is 5. The fourth-order valence-corrected chi connectivity index (χ4v) is 4.19. The number of carbonyl (C=O) groups excluding carboxylic acids is 1. The zero-order valence-electron chi connectivity index (χ0n) is 19.2. The summed E-state index contributed by atoms with van der Waals surface area (Å²) in [6.45, 7) is 4.51. The van der Waals surface area contributed by atoms with Crippen molar-refractivity contribution >= 4 is 27.3 Å². The number of sulfonamides is 1. The Bertz CT molecular complexity index is 1230. The first-order chi connectivity index (χ1) is 16.2. The summed E-state index contributed by atoms with van der Waals surface area (Å²) in [5.74, 6) is 0.322. The molecule has 0 aliphatic rings. The second-order valence-electron chi connectivity index (χ2n) is 7.41. The van der Waals surface area contributed by atoms with Crippen LogP contribution in [-0.2, 0) is 16.6 Å². The molecule has 0 saturated carbocycles. The summed E-state index contributed by atoms with van der Waals surface area (Å²) < 4.78 is 50.6. The minimum atomic E-state index is -3.71. The fraction of sp³-hybridized carbons (Fsp3) is 0.240. The highest BCUT2D eigenvalue weighted by Crippen LogP contribution is 2.27. The van der Waals surface area contributed by atoms with Gasteiger partial charge in [0.05, 0.1) is 31.7 Å². The Hall–Kier alpha value is -3.59. The van der Waals surface area contributed by atoms with Gasteiger partial charge in [0.25, 0.3) is 5.91 Å². The molecule has 0 radical (unpaired) electrons. The predicted octanol–water partition coefficient (Wildman–Crippen LogP) is 4.84. The summed E-state index contributed by atoms with van der Waals surface area (Å²) in [5, 5.41) is 2.82. The molecule has 0 spiro atoms. The normalized spacial score (nSPS) is 11.1. The maximum Gasteiger partial charge on any atom is 0.255 e. The molecular weight excluding hydrogens is 459 g/mol. The first kappa shape index (κ1) is 25.0. The Kier molecular flexibility index (Phi) is 8.12. The third-order valence-electron chi connectivity index (χ3n) is 4.87. The van der Waals surface area contributed by atoms with E-state index in [1.807, 2.05) is 13.8 Å². The molecule has 3 aromatic carbocycles. The van der Waals surface area contributed by atoms with Crippen LogP contribution in [0, 0.1) is 5.82 Å². The third kappa shape index (κ3) is 6.48. The zero-order chi connectivity index (χ0) is 24.7. The number of carbonyl (C=O) groups is 1. The van der Waals surface area contributed by atoms with Crippen molar-refractivity contribution in [3.05, 3.63) is 83.7 Å². The van der Waals surface area contributed by atoms with Crippen LogP contribution >= 0.6 is 0 Å². The van der Waals surface area contributed by atoms with E-state index in [9.17, 15) is 17.6 Å². The monoisotopic (exact) mass is 486 g/mol. The highest BCUT2D eigenvalue weighted by Gasteiger charge is 2.21. The minimum absolute atomic E-state index is 0.0933. The van der Waals surface area contributed by atoms with Gasteiger partial charge in [-0.25, -0.2) is 12.8 Å². The van der Waals surface area contributed by atoms with Crippen LogP contribution in [0.1, 0.15) is 29.8 Å². The van der Waals surface area contributed by atoms with Gasteiger partial charge in [-0.05, 0) is 80.6 Å². The first-order valence-corrected chi connectivity index (χ1v) is 12.6. The quantitative estimate of drug-likeness (QED) is 0.443. The molecule has 0 atom stereocenters. The number of nitrogens with one attached hydrogen (secondary N) is 1. The van der Waals surface area contributed by atoms with Crippen molar-refractivity contribution in [2.24, 2.45) is 0 Å². The average Bonchev–Trinajstić information content (AvgIpc) is 2.80. The second kappa shape index (κ2) is 11.0. The van der Waals surface area contributed by atoms with Crippen molar-refractivity contribution in [2.45, 2.75) is 20.4 Å². The number of hydrogen-bond donors (Lipinski definition) is 1. The molecule has 3 rings (SSSR count). The van der Waals surface area contributed by atoms with Crippen LogP contribution in [-0.4, -0.2) is 33.8 Å². The van der Waals surface area contributed by atoms with Gasteiger partial charge in [0.1, 0.15) is 17.3 Å². The first-order valence-electron chi connectivity index (χ1n) is 10.7. The summed E-state index contributed by atoms with van der Waals surface area (Å²) in [6, 6.07) is 17.0. The van der Waals surface area contributed by atoms with E-state index in [1.165, 1.54) is 24.3 Å². The predicted molar refractivity (Wildman–Crippen MR) is 131 cm³/mol. The second-order valence-corrected chi connectivity index (χ2v) is 9.32. The maximum absolute atomic E-state index is 13.4. The van der Waals surface area contributed by atoms with Crippen molar-refractivity contribution in [1.29, 1.82) is 0 Å². The van der Waals surface area contributed by atoms with E-state index < -0.39 is 15.8 Å². The summed E-state index contributed by atoms with van der Waals surface area (Å²) >= 11 is 0. The van der Waals surface area contributed by atoms with Crippen LogP contribution < -0.4 is 19.1 Å². The van der Waals surface area contributed by atoms with Gasteiger partial charge in [0.15, 0.2) is 0 Å². The SMILES string of the molecule is CCOc1ccc(NC(=O)c2ccc(OCC)c(CN(c3ccc(F)cc3)S(C)(=O)=O)c2)cc1. The van der Waals surface area contributed by atoms with E-state index in [0.29, 0.717) is 47.2 Å². The van der Waals surface area contributed by atoms with Crippen LogP contribution in [0.2, 0.25) is 0 Å². The van der Waals surface area contributed by atoms with Crippen molar-refractivity contribution in [1.82, 2.24) is 0 Å². The van der Waals surface area contributed by atoms with E-state index in [4.69, 9.17) is 9.47 Å². The number of ether oxygens (including phenoxy) is 2. The molecule has 0 bridgehead atoms. The lowest BCUT2D eigenvalue weighted by atomic mass is 10.1. The smallest absolute Gasteiger partial charge is 0.255 e. The highest BCUT2D eigenvalue weighted by molar-refractivity contribution is 7.92. The van der Waals surface area contributed by atoms with Crippen LogP contribution in [0.15, 0.2) is 66.7 Å². The number of amides is 1. The van der Waals surface area contributed by atoms with Crippen LogP contribution in [0.3, 0.4) is 0 Å². The molecule has 9 heteroatoms. The van der Waals surface area contributed by atoms with Gasteiger partial charge in [-0.2, -0.15) is 0 Å². The Balaban J connectivity index is 1.90. The summed E-state index contributed by atoms with van der Waals surface area (Å²) in [5.41, 5.74) is 1.72. The molecule has 0 heterocycles. The van der Waals surface area contributed by atoms with Gasteiger partial charge in [0, 0.05) is 16.8 Å². The molecule has 0 saturated heterocycles. The van der Waals surface area contributed by atoms with Gasteiger partial charge in [0.2, 0.25) is 10.0 Å². The highest BCUT2D eigenvalue weighted by atomic mass is 32.2. The van der Waals surface area contributed by atoms with E-state index in [2.05, 4.69) is 5.32 Å². The van der Waals surface area contributed by atoms with Crippen molar-refractivity contribution in [3.63, 3.8) is 0 Å². The molecule has 0 unspecified atom stereocenters. The van der Waals surface area contributed by atoms with E-state index in [1.54, 1.807) is 42.5 Å². The fourth-order valence-electron chi connectivity index (χ4n) is 3.31. The average molecular weight is 487 g/mol. The van der Waals surface area contributed by atoms with Crippen molar-refractivity contribution < 1.29 is 27.1 Å². The Labute approximate surface area is 199 Å². The maximum atomic E-state index is 13.4. The number of nitrogens with zero attached hydrogens (tertiary/aromatic N) is 1. The standard InChI is InChI=1S/C25H27FN2O5S/c1-4-32-23-13-9-21(10-14-23)27-25(29)18-6-15-24(33-5-2)19(16-18)17-28(34(3,30)31)22-11-7-20(26)8-12-22/h6-16H,4-5,17H2,1-3H3,(H,27,29). The third-order valence-corrected chi connectivity index (χ3v) is 6.02. The van der Waals surface area contributed by atoms with Gasteiger partial charge in [-0.1, -0.05) is 0 Å². The van der Waals surface area contributed by atoms with E-state index >= 15 is 0 Å². The van der Waals surface area contributed by atoms with Gasteiger partial charge in [-0.3, -0.25) is 9.10 Å². The van der Waals surface area contributed by atoms with Crippen LogP contribution in [0.5, 0.6) is 11.5 Å². The molecule has 1 N–H and O–H groups in total. The molecule has 34 heavy (non-hydrogen) atoms. The Morgan fingerprint density at radius 3 is 2.18 bits per heavy atom. The van der Waals surface area contributed by atoms with Crippen molar-refractivity contribution in [2.75, 3.05) is 29.1 Å². The van der Waals surface area contributed by atoms with Crippen LogP contribution in [0.25, 0.3) is 0 Å². The lowest BCUT2D eigenvalue weighted by Gasteiger charge is -2.24. The molecule has 7 nitrogen and oxygen atoms in total. The number of anilines is 2. The molecular formula is C25H27FN2O5S. The van der Waals surface area contributed by atoms with Crippen molar-refractivity contribution in [3.8, 4) is 11.5 Å². The molecule has 0 aliphatic carbocycles. The zero-order valence-corrected chi connectivity index (χ0v) is 20.1. The van der Waals surface area contributed by atoms with E-state index in [-0.39, 0.29) is 12.5 Å². The topological polar surface area (TPSA) is 84.9 Å². The molecule has 3 aromatic rings. The van der Waals surface area contributed by atoms with Gasteiger partial charge >= 0.3 is 0 Å². The summed E-state index contributed by atoms with van der Waals surface area (Å²) in [4.78, 5) is 12.9. The van der Waals surface area contributed by atoms with E-state index in [0.717, 1.165) is 10.6 Å².